The van der Waals surface area contributed by atoms with E-state index < -0.39 is 23.6 Å². The van der Waals surface area contributed by atoms with Gasteiger partial charge in [0.1, 0.15) is 5.60 Å². The molecule has 0 aliphatic carbocycles. The number of epoxide rings is 1. The molecule has 7 heteroatoms. The van der Waals surface area contributed by atoms with Crippen LogP contribution in [0.4, 0.5) is 0 Å². The number of ketones is 1. The molecule has 7 nitrogen and oxygen atoms in total. The van der Waals surface area contributed by atoms with E-state index in [1.165, 1.54) is 0 Å². The van der Waals surface area contributed by atoms with E-state index in [-0.39, 0.29) is 24.2 Å². The third-order valence-electron chi connectivity index (χ3n) is 3.94. The van der Waals surface area contributed by atoms with Gasteiger partial charge in [-0.25, -0.2) is 0 Å². The Labute approximate surface area is 144 Å². The van der Waals surface area contributed by atoms with Gasteiger partial charge in [-0.2, -0.15) is 0 Å². The standard InChI is InChI=1S/C17H31N3O4/c1-10(2)6-12(18)16(23)19-8-14(21)20-13(7-11(3)4)15(22)17(5)9-24-17/h10-13H,6-9,18H2,1-5H3,(H,19,23)(H,20,21). The maximum Gasteiger partial charge on any atom is 0.239 e. The van der Waals surface area contributed by atoms with Crippen LogP contribution in [-0.2, 0) is 19.1 Å². The number of carbonyl (C=O) groups is 3. The molecule has 1 fully saturated rings. The van der Waals surface area contributed by atoms with Gasteiger partial charge in [0, 0.05) is 0 Å². The average Bonchev–Trinajstić information content (AvgIpc) is 3.21. The van der Waals surface area contributed by atoms with Gasteiger partial charge < -0.3 is 21.1 Å². The fourth-order valence-electron chi connectivity index (χ4n) is 2.48. The van der Waals surface area contributed by atoms with Crippen molar-refractivity contribution in [3.63, 3.8) is 0 Å². The first-order valence-electron chi connectivity index (χ1n) is 8.56. The summed E-state index contributed by atoms with van der Waals surface area (Å²) in [5.41, 5.74) is 4.99. The topological polar surface area (TPSA) is 114 Å². The van der Waals surface area contributed by atoms with Gasteiger partial charge in [0.05, 0.1) is 25.2 Å². The van der Waals surface area contributed by atoms with E-state index in [0.29, 0.717) is 25.4 Å². The number of hydrogen-bond donors (Lipinski definition) is 3. The lowest BCUT2D eigenvalue weighted by Gasteiger charge is -2.21. The molecular formula is C17H31N3O4. The Morgan fingerprint density at radius 1 is 1.12 bits per heavy atom. The first-order chi connectivity index (χ1) is 11.0. The Hall–Kier alpha value is -1.47. The maximum atomic E-state index is 12.4. The molecule has 1 aliphatic heterocycles. The van der Waals surface area contributed by atoms with Crippen molar-refractivity contribution in [1.82, 2.24) is 10.6 Å². The van der Waals surface area contributed by atoms with Crippen LogP contribution in [0.3, 0.4) is 0 Å². The van der Waals surface area contributed by atoms with E-state index in [1.54, 1.807) is 6.92 Å². The zero-order chi connectivity index (χ0) is 18.5. The highest BCUT2D eigenvalue weighted by atomic mass is 16.6. The van der Waals surface area contributed by atoms with Gasteiger partial charge in [-0.3, -0.25) is 14.4 Å². The lowest BCUT2D eigenvalue weighted by Crippen LogP contribution is -2.51. The minimum atomic E-state index is -0.782. The molecule has 24 heavy (non-hydrogen) atoms. The summed E-state index contributed by atoms with van der Waals surface area (Å²) in [4.78, 5) is 36.3. The van der Waals surface area contributed by atoms with Crippen molar-refractivity contribution in [1.29, 1.82) is 0 Å². The van der Waals surface area contributed by atoms with E-state index in [0.717, 1.165) is 0 Å². The zero-order valence-electron chi connectivity index (χ0n) is 15.3. The fraction of sp³-hybridized carbons (Fsp3) is 0.824. The quantitative estimate of drug-likeness (QED) is 0.497. The minimum absolute atomic E-state index is 0.118. The Balaban J connectivity index is 2.50. The van der Waals surface area contributed by atoms with E-state index in [1.807, 2.05) is 27.7 Å². The summed E-state index contributed by atoms with van der Waals surface area (Å²) in [5.74, 6) is -0.332. The van der Waals surface area contributed by atoms with Gasteiger partial charge in [0.15, 0.2) is 5.78 Å². The second-order valence-corrected chi connectivity index (χ2v) is 7.59. The number of nitrogens with one attached hydrogen (secondary N) is 2. The summed E-state index contributed by atoms with van der Waals surface area (Å²) < 4.78 is 5.18. The number of nitrogens with two attached hydrogens (primary N) is 1. The van der Waals surface area contributed by atoms with Crippen LogP contribution in [-0.4, -0.2) is 48.4 Å². The smallest absolute Gasteiger partial charge is 0.239 e. The molecule has 1 aliphatic rings. The van der Waals surface area contributed by atoms with Gasteiger partial charge >= 0.3 is 0 Å². The van der Waals surface area contributed by atoms with Crippen LogP contribution in [0.25, 0.3) is 0 Å². The largest absolute Gasteiger partial charge is 0.361 e. The summed E-state index contributed by atoms with van der Waals surface area (Å²) in [6, 6.07) is -1.24. The van der Waals surface area contributed by atoms with Crippen LogP contribution in [0, 0.1) is 11.8 Å². The highest BCUT2D eigenvalue weighted by Crippen LogP contribution is 2.29. The number of hydrogen-bond acceptors (Lipinski definition) is 5. The number of carbonyl (C=O) groups excluding carboxylic acids is 3. The molecule has 0 aromatic heterocycles. The molecule has 3 atom stereocenters. The van der Waals surface area contributed by atoms with Crippen molar-refractivity contribution in [3.8, 4) is 0 Å². The monoisotopic (exact) mass is 341 g/mol. The molecule has 0 aromatic rings. The molecule has 3 unspecified atom stereocenters. The van der Waals surface area contributed by atoms with Crippen molar-refractivity contribution in [2.24, 2.45) is 17.6 Å². The molecule has 1 saturated heterocycles. The molecule has 0 aromatic carbocycles. The molecular weight excluding hydrogens is 310 g/mol. The van der Waals surface area contributed by atoms with Gasteiger partial charge in [-0.15, -0.1) is 0 Å². The number of Topliss-reactive ketones (excluding diaryl/α,β-unsaturated/α-hetero) is 1. The summed E-state index contributed by atoms with van der Waals surface area (Å²) in [6.07, 6.45) is 1.09. The van der Waals surface area contributed by atoms with Gasteiger partial charge in [-0.1, -0.05) is 27.7 Å². The van der Waals surface area contributed by atoms with Crippen LogP contribution in [0.5, 0.6) is 0 Å². The Bertz CT molecular complexity index is 472. The molecule has 1 rings (SSSR count). The van der Waals surface area contributed by atoms with Crippen molar-refractivity contribution >= 4 is 17.6 Å². The summed E-state index contributed by atoms with van der Waals surface area (Å²) in [6.45, 7) is 9.83. The lowest BCUT2D eigenvalue weighted by atomic mass is 9.93. The predicted octanol–water partition coefficient (Wildman–Crippen LogP) is 0.365. The molecule has 2 amide bonds. The highest BCUT2D eigenvalue weighted by molar-refractivity contribution is 5.97. The maximum absolute atomic E-state index is 12.4. The first-order valence-corrected chi connectivity index (χ1v) is 8.56. The van der Waals surface area contributed by atoms with E-state index in [4.69, 9.17) is 10.5 Å². The molecule has 4 N–H and O–H groups in total. The van der Waals surface area contributed by atoms with Crippen LogP contribution in [0.15, 0.2) is 0 Å². The van der Waals surface area contributed by atoms with E-state index in [2.05, 4.69) is 10.6 Å². The van der Waals surface area contributed by atoms with E-state index >= 15 is 0 Å². The predicted molar refractivity (Wildman–Crippen MR) is 91.2 cm³/mol. The third kappa shape index (κ3) is 6.57. The van der Waals surface area contributed by atoms with Crippen molar-refractivity contribution in [3.05, 3.63) is 0 Å². The van der Waals surface area contributed by atoms with Crippen molar-refractivity contribution < 1.29 is 19.1 Å². The third-order valence-corrected chi connectivity index (χ3v) is 3.94. The number of rotatable bonds is 10. The summed E-state index contributed by atoms with van der Waals surface area (Å²) in [7, 11) is 0. The van der Waals surface area contributed by atoms with Gasteiger partial charge in [0.25, 0.3) is 0 Å². The number of amides is 2. The van der Waals surface area contributed by atoms with Crippen LogP contribution in [0.2, 0.25) is 0 Å². The second kappa shape index (κ2) is 8.58. The molecule has 0 saturated carbocycles. The van der Waals surface area contributed by atoms with Crippen LogP contribution < -0.4 is 16.4 Å². The minimum Gasteiger partial charge on any atom is -0.361 e. The van der Waals surface area contributed by atoms with Crippen LogP contribution >= 0.6 is 0 Å². The number of ether oxygens (including phenoxy) is 1. The van der Waals surface area contributed by atoms with Gasteiger partial charge in [0.2, 0.25) is 11.8 Å². The Morgan fingerprint density at radius 3 is 2.12 bits per heavy atom. The summed E-state index contributed by atoms with van der Waals surface area (Å²) in [5, 5.41) is 5.23. The fourth-order valence-corrected chi connectivity index (χ4v) is 2.48. The zero-order valence-corrected chi connectivity index (χ0v) is 15.3. The van der Waals surface area contributed by atoms with Crippen LogP contribution in [0.1, 0.15) is 47.5 Å². The second-order valence-electron chi connectivity index (χ2n) is 7.59. The summed E-state index contributed by atoms with van der Waals surface area (Å²) >= 11 is 0. The molecule has 1 heterocycles. The SMILES string of the molecule is CC(C)CC(N)C(=O)NCC(=O)NC(CC(C)C)C(=O)C1(C)CO1. The average molecular weight is 341 g/mol. The Kier molecular flexibility index (Phi) is 7.35. The highest BCUT2D eigenvalue weighted by Gasteiger charge is 2.50. The van der Waals surface area contributed by atoms with Gasteiger partial charge in [-0.05, 0) is 31.6 Å². The molecule has 0 bridgehead atoms. The lowest BCUT2D eigenvalue weighted by molar-refractivity contribution is -0.131. The van der Waals surface area contributed by atoms with E-state index in [9.17, 15) is 14.4 Å². The Morgan fingerprint density at radius 2 is 1.67 bits per heavy atom. The molecule has 0 radical (unpaired) electrons. The normalized spacial score (nSPS) is 22.2. The molecule has 138 valence electrons. The molecule has 0 spiro atoms. The van der Waals surface area contributed by atoms with Crippen molar-refractivity contribution in [2.75, 3.05) is 13.2 Å². The first kappa shape index (κ1) is 20.6. The van der Waals surface area contributed by atoms with Crippen molar-refractivity contribution in [2.45, 2.75) is 65.1 Å².